The number of ether oxygens (including phenoxy) is 2. The monoisotopic (exact) mass is 173 g/mol. The number of hydrogen-bond acceptors (Lipinski definition) is 3. The molecule has 0 bridgehead atoms. The number of epoxide rings is 1. The third-order valence-electron chi connectivity index (χ3n) is 1.78. The van der Waals surface area contributed by atoms with Crippen molar-refractivity contribution < 1.29 is 9.47 Å². The largest absolute Gasteiger partial charge is 0.379 e. The minimum atomic E-state index is 0.411. The summed E-state index contributed by atoms with van der Waals surface area (Å²) in [6, 6.07) is 0. The van der Waals surface area contributed by atoms with Gasteiger partial charge in [-0.1, -0.05) is 6.92 Å². The summed E-state index contributed by atoms with van der Waals surface area (Å²) in [5.74, 6) is 0. The lowest BCUT2D eigenvalue weighted by Gasteiger charge is -2.03. The van der Waals surface area contributed by atoms with E-state index in [1.807, 2.05) is 0 Å². The molecule has 0 saturated carbocycles. The first kappa shape index (κ1) is 9.96. The maximum atomic E-state index is 5.37. The first-order valence-electron chi connectivity index (χ1n) is 4.83. The van der Waals surface area contributed by atoms with Gasteiger partial charge in [-0.3, -0.25) is 0 Å². The quantitative estimate of drug-likeness (QED) is 0.435. The maximum absolute atomic E-state index is 5.37. The van der Waals surface area contributed by atoms with Gasteiger partial charge in [0, 0.05) is 6.61 Å². The smallest absolute Gasteiger partial charge is 0.104 e. The van der Waals surface area contributed by atoms with Crippen LogP contribution in [0.3, 0.4) is 0 Å². The van der Waals surface area contributed by atoms with E-state index < -0.39 is 0 Å². The summed E-state index contributed by atoms with van der Waals surface area (Å²) >= 11 is 0. The second-order valence-electron chi connectivity index (χ2n) is 3.13. The molecule has 1 aliphatic rings. The molecule has 0 amide bonds. The number of rotatable bonds is 8. The predicted molar refractivity (Wildman–Crippen MR) is 48.3 cm³/mol. The molecular weight excluding hydrogens is 154 g/mol. The van der Waals surface area contributed by atoms with Crippen molar-refractivity contribution in [2.75, 3.05) is 32.9 Å². The second-order valence-corrected chi connectivity index (χ2v) is 3.13. The number of nitrogens with one attached hydrogen (secondary N) is 1. The zero-order valence-corrected chi connectivity index (χ0v) is 7.84. The highest BCUT2D eigenvalue weighted by atomic mass is 16.6. The standard InChI is InChI=1S/C9H19NO2/c1-2-4-10-5-3-6-11-7-9-8-12-9/h9-10H,2-8H2,1H3. The summed E-state index contributed by atoms with van der Waals surface area (Å²) < 4.78 is 10.4. The summed E-state index contributed by atoms with van der Waals surface area (Å²) in [6.07, 6.45) is 2.72. The molecule has 1 atom stereocenters. The van der Waals surface area contributed by atoms with Gasteiger partial charge in [-0.2, -0.15) is 0 Å². The van der Waals surface area contributed by atoms with Crippen LogP contribution < -0.4 is 5.32 Å². The molecule has 0 aromatic rings. The van der Waals surface area contributed by atoms with Crippen molar-refractivity contribution in [3.8, 4) is 0 Å². The predicted octanol–water partition coefficient (Wildman–Crippen LogP) is 0.791. The van der Waals surface area contributed by atoms with E-state index in [9.17, 15) is 0 Å². The van der Waals surface area contributed by atoms with Crippen molar-refractivity contribution in [2.45, 2.75) is 25.9 Å². The molecule has 0 aromatic carbocycles. The lowest BCUT2D eigenvalue weighted by molar-refractivity contribution is 0.114. The molecule has 1 aliphatic heterocycles. The average molecular weight is 173 g/mol. The van der Waals surface area contributed by atoms with E-state index in [0.29, 0.717) is 6.10 Å². The topological polar surface area (TPSA) is 33.8 Å². The van der Waals surface area contributed by atoms with Crippen molar-refractivity contribution in [3.05, 3.63) is 0 Å². The van der Waals surface area contributed by atoms with E-state index in [4.69, 9.17) is 9.47 Å². The third kappa shape index (κ3) is 5.52. The van der Waals surface area contributed by atoms with Gasteiger partial charge in [0.2, 0.25) is 0 Å². The molecule has 1 fully saturated rings. The highest BCUT2D eigenvalue weighted by molar-refractivity contribution is 4.67. The van der Waals surface area contributed by atoms with E-state index in [1.54, 1.807) is 0 Å². The highest BCUT2D eigenvalue weighted by Gasteiger charge is 2.21. The Hall–Kier alpha value is -0.120. The molecule has 3 nitrogen and oxygen atoms in total. The molecular formula is C9H19NO2. The van der Waals surface area contributed by atoms with Crippen molar-refractivity contribution >= 4 is 0 Å². The van der Waals surface area contributed by atoms with Gasteiger partial charge < -0.3 is 14.8 Å². The normalized spacial score (nSPS) is 21.2. The molecule has 1 rings (SSSR count). The van der Waals surface area contributed by atoms with Gasteiger partial charge in [-0.05, 0) is 25.9 Å². The Morgan fingerprint density at radius 2 is 2.33 bits per heavy atom. The van der Waals surface area contributed by atoms with Crippen LogP contribution in [-0.4, -0.2) is 39.0 Å². The summed E-state index contributed by atoms with van der Waals surface area (Å²) in [5.41, 5.74) is 0. The summed E-state index contributed by atoms with van der Waals surface area (Å²) in [6.45, 7) is 6.90. The minimum absolute atomic E-state index is 0.411. The molecule has 0 aliphatic carbocycles. The van der Waals surface area contributed by atoms with Crippen LogP contribution in [0.4, 0.5) is 0 Å². The van der Waals surface area contributed by atoms with Crippen LogP contribution >= 0.6 is 0 Å². The van der Waals surface area contributed by atoms with Crippen molar-refractivity contribution in [3.63, 3.8) is 0 Å². The van der Waals surface area contributed by atoms with Crippen LogP contribution in [0.1, 0.15) is 19.8 Å². The van der Waals surface area contributed by atoms with Gasteiger partial charge in [-0.15, -0.1) is 0 Å². The second kappa shape index (κ2) is 6.40. The maximum Gasteiger partial charge on any atom is 0.104 e. The summed E-state index contributed by atoms with van der Waals surface area (Å²) in [4.78, 5) is 0. The van der Waals surface area contributed by atoms with Crippen LogP contribution in [0.2, 0.25) is 0 Å². The molecule has 1 N–H and O–H groups in total. The van der Waals surface area contributed by atoms with E-state index in [-0.39, 0.29) is 0 Å². The average Bonchev–Trinajstić information content (AvgIpc) is 2.87. The Bertz CT molecular complexity index is 105. The highest BCUT2D eigenvalue weighted by Crippen LogP contribution is 2.08. The van der Waals surface area contributed by atoms with Crippen LogP contribution in [0.15, 0.2) is 0 Å². The molecule has 12 heavy (non-hydrogen) atoms. The lowest BCUT2D eigenvalue weighted by atomic mass is 10.4. The van der Waals surface area contributed by atoms with Gasteiger partial charge in [0.1, 0.15) is 6.10 Å². The fourth-order valence-electron chi connectivity index (χ4n) is 0.980. The van der Waals surface area contributed by atoms with Crippen molar-refractivity contribution in [1.29, 1.82) is 0 Å². The van der Waals surface area contributed by atoms with Gasteiger partial charge >= 0.3 is 0 Å². The fourth-order valence-corrected chi connectivity index (χ4v) is 0.980. The molecule has 0 radical (unpaired) electrons. The first-order chi connectivity index (χ1) is 5.93. The summed E-state index contributed by atoms with van der Waals surface area (Å²) in [5, 5.41) is 3.33. The van der Waals surface area contributed by atoms with Crippen molar-refractivity contribution in [2.24, 2.45) is 0 Å². The molecule has 72 valence electrons. The van der Waals surface area contributed by atoms with Crippen LogP contribution in [0.5, 0.6) is 0 Å². The molecule has 0 spiro atoms. The SMILES string of the molecule is CCCNCCCOCC1CO1. The Morgan fingerprint density at radius 3 is 3.00 bits per heavy atom. The Kier molecular flexibility index (Phi) is 5.32. The van der Waals surface area contributed by atoms with Crippen LogP contribution in [0.25, 0.3) is 0 Å². The molecule has 1 saturated heterocycles. The molecule has 1 heterocycles. The van der Waals surface area contributed by atoms with Gasteiger partial charge in [-0.25, -0.2) is 0 Å². The zero-order chi connectivity index (χ0) is 8.65. The third-order valence-corrected chi connectivity index (χ3v) is 1.78. The van der Waals surface area contributed by atoms with E-state index in [2.05, 4.69) is 12.2 Å². The molecule has 0 aromatic heterocycles. The summed E-state index contributed by atoms with van der Waals surface area (Å²) in [7, 11) is 0. The zero-order valence-electron chi connectivity index (χ0n) is 7.84. The van der Waals surface area contributed by atoms with E-state index in [1.165, 1.54) is 6.42 Å². The molecule has 3 heteroatoms. The van der Waals surface area contributed by atoms with Gasteiger partial charge in [0.15, 0.2) is 0 Å². The Morgan fingerprint density at radius 1 is 1.50 bits per heavy atom. The lowest BCUT2D eigenvalue weighted by Crippen LogP contribution is -2.17. The van der Waals surface area contributed by atoms with E-state index >= 15 is 0 Å². The Labute approximate surface area is 74.4 Å². The fraction of sp³-hybridized carbons (Fsp3) is 1.00. The van der Waals surface area contributed by atoms with Gasteiger partial charge in [0.05, 0.1) is 13.2 Å². The van der Waals surface area contributed by atoms with Gasteiger partial charge in [0.25, 0.3) is 0 Å². The number of hydrogen-bond donors (Lipinski definition) is 1. The molecule has 1 unspecified atom stereocenters. The Balaban J connectivity index is 1.65. The first-order valence-corrected chi connectivity index (χ1v) is 4.83. The minimum Gasteiger partial charge on any atom is -0.379 e. The van der Waals surface area contributed by atoms with Crippen LogP contribution in [-0.2, 0) is 9.47 Å². The van der Waals surface area contributed by atoms with E-state index in [0.717, 1.165) is 39.3 Å². The van der Waals surface area contributed by atoms with Crippen LogP contribution in [0, 0.1) is 0 Å². The van der Waals surface area contributed by atoms with Crippen molar-refractivity contribution in [1.82, 2.24) is 5.32 Å².